The maximum atomic E-state index is 12.0. The fourth-order valence-corrected chi connectivity index (χ4v) is 8.04. The number of aliphatic hydroxyl groups excluding tert-OH is 1. The van der Waals surface area contributed by atoms with Crippen LogP contribution in [-0.4, -0.2) is 28.1 Å². The molecular formula is C24H36O4. The van der Waals surface area contributed by atoms with E-state index in [1.54, 1.807) is 0 Å². The summed E-state index contributed by atoms with van der Waals surface area (Å²) in [7, 11) is 0. The summed E-state index contributed by atoms with van der Waals surface area (Å²) in [4.78, 5) is 23.0. The molecule has 0 unspecified atom stereocenters. The average Bonchev–Trinajstić information content (AvgIpc) is 3.00. The second-order valence-corrected chi connectivity index (χ2v) is 10.7. The SMILES string of the molecule is C[C@H](CCC(=O)O)[C@H]1CC[C@H]2[C@@H]3CCC4=CC(=O)CC[C@]4(C)[C@H]3C[C@H](O)[C@]12C. The summed E-state index contributed by atoms with van der Waals surface area (Å²) in [5, 5.41) is 20.5. The molecule has 2 N–H and O–H groups in total. The van der Waals surface area contributed by atoms with Crippen LogP contribution in [0.5, 0.6) is 0 Å². The first-order valence-electron chi connectivity index (χ1n) is 11.3. The van der Waals surface area contributed by atoms with Gasteiger partial charge in [-0.3, -0.25) is 9.59 Å². The molecule has 3 fully saturated rings. The zero-order chi connectivity index (χ0) is 20.3. The van der Waals surface area contributed by atoms with Crippen molar-refractivity contribution in [2.75, 3.05) is 0 Å². The summed E-state index contributed by atoms with van der Waals surface area (Å²) >= 11 is 0. The van der Waals surface area contributed by atoms with Crippen LogP contribution in [0.25, 0.3) is 0 Å². The Morgan fingerprint density at radius 3 is 2.68 bits per heavy atom. The number of carbonyl (C=O) groups is 2. The van der Waals surface area contributed by atoms with Crippen molar-refractivity contribution in [3.8, 4) is 0 Å². The van der Waals surface area contributed by atoms with Crippen molar-refractivity contribution >= 4 is 11.8 Å². The van der Waals surface area contributed by atoms with Crippen molar-refractivity contribution in [1.29, 1.82) is 0 Å². The number of fused-ring (bicyclic) bond motifs is 5. The summed E-state index contributed by atoms with van der Waals surface area (Å²) < 4.78 is 0. The number of hydrogen-bond donors (Lipinski definition) is 2. The molecule has 0 aromatic rings. The summed E-state index contributed by atoms with van der Waals surface area (Å²) in [6.07, 6.45) is 9.39. The number of rotatable bonds is 4. The largest absolute Gasteiger partial charge is 0.481 e. The van der Waals surface area contributed by atoms with Crippen LogP contribution in [0.4, 0.5) is 0 Å². The van der Waals surface area contributed by atoms with E-state index in [2.05, 4.69) is 20.8 Å². The summed E-state index contributed by atoms with van der Waals surface area (Å²) in [6, 6.07) is 0. The van der Waals surface area contributed by atoms with Gasteiger partial charge in [0.05, 0.1) is 6.10 Å². The molecule has 4 heteroatoms. The van der Waals surface area contributed by atoms with Crippen LogP contribution in [0.15, 0.2) is 11.6 Å². The molecule has 0 spiro atoms. The Kier molecular flexibility index (Phi) is 5.01. The van der Waals surface area contributed by atoms with Crippen molar-refractivity contribution in [2.45, 2.75) is 84.7 Å². The van der Waals surface area contributed by atoms with E-state index in [9.17, 15) is 14.7 Å². The molecule has 3 saturated carbocycles. The van der Waals surface area contributed by atoms with E-state index in [4.69, 9.17) is 5.11 Å². The average molecular weight is 389 g/mol. The molecule has 156 valence electrons. The predicted octanol–water partition coefficient (Wildman–Crippen LogP) is 4.61. The van der Waals surface area contributed by atoms with Gasteiger partial charge in [-0.05, 0) is 91.4 Å². The molecule has 0 saturated heterocycles. The van der Waals surface area contributed by atoms with Gasteiger partial charge in [-0.15, -0.1) is 0 Å². The summed E-state index contributed by atoms with van der Waals surface area (Å²) in [5.41, 5.74) is 1.32. The smallest absolute Gasteiger partial charge is 0.303 e. The topological polar surface area (TPSA) is 74.6 Å². The van der Waals surface area contributed by atoms with E-state index < -0.39 is 5.97 Å². The maximum absolute atomic E-state index is 12.0. The van der Waals surface area contributed by atoms with E-state index in [-0.39, 0.29) is 29.1 Å². The number of carboxylic acid groups (broad SMARTS) is 1. The third-order valence-electron chi connectivity index (χ3n) is 9.64. The lowest BCUT2D eigenvalue weighted by molar-refractivity contribution is -0.143. The first kappa shape index (κ1) is 20.1. The van der Waals surface area contributed by atoms with Gasteiger partial charge in [0.2, 0.25) is 0 Å². The molecule has 28 heavy (non-hydrogen) atoms. The third kappa shape index (κ3) is 2.89. The summed E-state index contributed by atoms with van der Waals surface area (Å²) in [6.45, 7) is 6.83. The highest BCUT2D eigenvalue weighted by Gasteiger charge is 2.62. The van der Waals surface area contributed by atoms with Crippen molar-refractivity contribution in [2.24, 2.45) is 40.4 Å². The fraction of sp³-hybridized carbons (Fsp3) is 0.833. The molecule has 0 bridgehead atoms. The monoisotopic (exact) mass is 388 g/mol. The van der Waals surface area contributed by atoms with Gasteiger partial charge in [-0.2, -0.15) is 0 Å². The van der Waals surface area contributed by atoms with Gasteiger partial charge in [-0.25, -0.2) is 0 Å². The van der Waals surface area contributed by atoms with Gasteiger partial charge >= 0.3 is 5.97 Å². The Bertz CT molecular complexity index is 697. The lowest BCUT2D eigenvalue weighted by Crippen LogP contribution is -2.56. The molecule has 0 radical (unpaired) electrons. The molecule has 0 amide bonds. The second-order valence-electron chi connectivity index (χ2n) is 10.7. The fourth-order valence-electron chi connectivity index (χ4n) is 8.04. The van der Waals surface area contributed by atoms with E-state index in [1.807, 2.05) is 6.08 Å². The highest BCUT2D eigenvalue weighted by molar-refractivity contribution is 5.91. The normalized spacial score (nSPS) is 46.2. The molecule has 0 aromatic heterocycles. The van der Waals surface area contributed by atoms with Crippen LogP contribution in [0.1, 0.15) is 78.6 Å². The Labute approximate surface area is 168 Å². The Hall–Kier alpha value is -1.16. The minimum atomic E-state index is -0.720. The molecule has 8 atom stereocenters. The van der Waals surface area contributed by atoms with Crippen molar-refractivity contribution in [3.63, 3.8) is 0 Å². The lowest BCUT2D eigenvalue weighted by Gasteiger charge is -2.60. The van der Waals surface area contributed by atoms with Gasteiger partial charge in [0.25, 0.3) is 0 Å². The number of allylic oxidation sites excluding steroid dienone is 1. The number of carbonyl (C=O) groups excluding carboxylic acids is 1. The van der Waals surface area contributed by atoms with Crippen LogP contribution in [0.3, 0.4) is 0 Å². The van der Waals surface area contributed by atoms with Crippen LogP contribution >= 0.6 is 0 Å². The Balaban J connectivity index is 1.60. The standard InChI is InChI=1S/C24H36O4/c1-14(4-9-22(27)28)18-7-8-19-17-6-5-15-12-16(25)10-11-23(15,2)20(17)13-21(26)24(18,19)3/h12,14,17-21,26H,4-11,13H2,1-3H3,(H,27,28)/t14-,17+,18-,19+,20+,21+,23+,24-/m1/s1. The molecule has 0 aliphatic heterocycles. The zero-order valence-electron chi connectivity index (χ0n) is 17.6. The number of carboxylic acids is 1. The Morgan fingerprint density at radius 2 is 1.96 bits per heavy atom. The van der Waals surface area contributed by atoms with Gasteiger partial charge in [0.1, 0.15) is 0 Å². The van der Waals surface area contributed by atoms with Gasteiger partial charge in [0.15, 0.2) is 5.78 Å². The molecule has 4 rings (SSSR count). The summed E-state index contributed by atoms with van der Waals surface area (Å²) in [5.74, 6) is 1.92. The lowest BCUT2D eigenvalue weighted by atomic mass is 9.45. The van der Waals surface area contributed by atoms with Crippen LogP contribution in [-0.2, 0) is 9.59 Å². The number of ketones is 1. The molecule has 4 nitrogen and oxygen atoms in total. The number of aliphatic carboxylic acids is 1. The van der Waals surface area contributed by atoms with Crippen molar-refractivity contribution in [1.82, 2.24) is 0 Å². The maximum Gasteiger partial charge on any atom is 0.303 e. The second kappa shape index (κ2) is 6.97. The number of hydrogen-bond acceptors (Lipinski definition) is 3. The molecule has 4 aliphatic rings. The minimum absolute atomic E-state index is 0.0755. The first-order valence-corrected chi connectivity index (χ1v) is 11.3. The highest BCUT2D eigenvalue weighted by Crippen LogP contribution is 2.67. The predicted molar refractivity (Wildman–Crippen MR) is 108 cm³/mol. The van der Waals surface area contributed by atoms with Gasteiger partial charge in [-0.1, -0.05) is 26.3 Å². The van der Waals surface area contributed by atoms with Crippen molar-refractivity contribution in [3.05, 3.63) is 11.6 Å². The molecule has 0 heterocycles. The van der Waals surface area contributed by atoms with Crippen LogP contribution in [0.2, 0.25) is 0 Å². The highest BCUT2D eigenvalue weighted by atomic mass is 16.4. The quantitative estimate of drug-likeness (QED) is 0.738. The van der Waals surface area contributed by atoms with Crippen LogP contribution in [0, 0.1) is 40.4 Å². The van der Waals surface area contributed by atoms with Crippen molar-refractivity contribution < 1.29 is 19.8 Å². The third-order valence-corrected chi connectivity index (χ3v) is 9.64. The first-order chi connectivity index (χ1) is 13.2. The van der Waals surface area contributed by atoms with Gasteiger partial charge in [0, 0.05) is 12.8 Å². The van der Waals surface area contributed by atoms with Crippen LogP contribution < -0.4 is 0 Å². The molecule has 4 aliphatic carbocycles. The van der Waals surface area contributed by atoms with E-state index in [0.29, 0.717) is 42.4 Å². The molecule has 0 aromatic carbocycles. The van der Waals surface area contributed by atoms with E-state index in [1.165, 1.54) is 5.57 Å². The Morgan fingerprint density at radius 1 is 1.21 bits per heavy atom. The van der Waals surface area contributed by atoms with E-state index in [0.717, 1.165) is 38.5 Å². The minimum Gasteiger partial charge on any atom is -0.481 e. The zero-order valence-corrected chi connectivity index (χ0v) is 17.6. The van der Waals surface area contributed by atoms with E-state index >= 15 is 0 Å². The van der Waals surface area contributed by atoms with Gasteiger partial charge < -0.3 is 10.2 Å². The molecular weight excluding hydrogens is 352 g/mol. The number of aliphatic hydroxyl groups is 1.